The zero-order valence-electron chi connectivity index (χ0n) is 12.0. The molecule has 21 heavy (non-hydrogen) atoms. The van der Waals surface area contributed by atoms with Crippen LogP contribution in [0.4, 0.5) is 11.5 Å². The molecular weight excluding hydrogens is 264 g/mol. The first-order chi connectivity index (χ1) is 10.2. The fraction of sp³-hybridized carbons (Fsp3) is 0.118. The normalized spacial score (nSPS) is 10.6. The van der Waals surface area contributed by atoms with E-state index in [2.05, 4.69) is 4.90 Å². The zero-order valence-corrected chi connectivity index (χ0v) is 12.0. The quantitative estimate of drug-likeness (QED) is 0.689. The van der Waals surface area contributed by atoms with Crippen molar-refractivity contribution >= 4 is 23.0 Å². The van der Waals surface area contributed by atoms with Crippen molar-refractivity contribution in [2.75, 3.05) is 19.1 Å². The number of methoxy groups -OCH3 is 1. The van der Waals surface area contributed by atoms with Crippen LogP contribution in [0.1, 0.15) is 10.4 Å². The molecule has 0 fully saturated rings. The number of aromatic nitrogens is 1. The zero-order chi connectivity index (χ0) is 14.8. The third kappa shape index (κ3) is 2.36. The third-order valence-corrected chi connectivity index (χ3v) is 3.54. The Morgan fingerprint density at radius 2 is 1.76 bits per heavy atom. The molecule has 3 aromatic rings. The highest BCUT2D eigenvalue weighted by Gasteiger charge is 2.11. The smallest absolute Gasteiger partial charge is 0.339 e. The summed E-state index contributed by atoms with van der Waals surface area (Å²) in [5.41, 5.74) is 2.64. The summed E-state index contributed by atoms with van der Waals surface area (Å²) in [6.07, 6.45) is 1.80. The maximum atomic E-state index is 11.7. The maximum Gasteiger partial charge on any atom is 0.339 e. The van der Waals surface area contributed by atoms with Gasteiger partial charge >= 0.3 is 5.97 Å². The van der Waals surface area contributed by atoms with Crippen molar-refractivity contribution in [3.63, 3.8) is 0 Å². The standard InChI is InChI=1S/C17H16N2O2/c1-18(14-6-4-3-5-7-14)16-11-10-15-9-8-13(12-19(15)16)17(20)21-2/h3-12H,1-2H3. The summed E-state index contributed by atoms with van der Waals surface area (Å²) in [5.74, 6) is 0.654. The van der Waals surface area contributed by atoms with Gasteiger partial charge in [0.1, 0.15) is 5.82 Å². The molecule has 0 bridgehead atoms. The first-order valence-electron chi connectivity index (χ1n) is 6.69. The Balaban J connectivity index is 2.08. The minimum atomic E-state index is -0.334. The predicted octanol–water partition coefficient (Wildman–Crippen LogP) is 3.49. The number of pyridine rings is 1. The highest BCUT2D eigenvalue weighted by molar-refractivity contribution is 5.89. The van der Waals surface area contributed by atoms with Crippen LogP contribution in [-0.4, -0.2) is 24.5 Å². The third-order valence-electron chi connectivity index (χ3n) is 3.54. The first-order valence-corrected chi connectivity index (χ1v) is 6.69. The number of anilines is 2. The van der Waals surface area contributed by atoms with Gasteiger partial charge in [-0.15, -0.1) is 0 Å². The number of benzene rings is 1. The van der Waals surface area contributed by atoms with Gasteiger partial charge in [0.25, 0.3) is 0 Å². The van der Waals surface area contributed by atoms with Gasteiger partial charge in [0.2, 0.25) is 0 Å². The number of fused-ring (bicyclic) bond motifs is 1. The van der Waals surface area contributed by atoms with Gasteiger partial charge in [-0.1, -0.05) is 18.2 Å². The van der Waals surface area contributed by atoms with Gasteiger partial charge in [0.05, 0.1) is 12.7 Å². The Morgan fingerprint density at radius 3 is 2.48 bits per heavy atom. The van der Waals surface area contributed by atoms with Gasteiger partial charge < -0.3 is 14.0 Å². The van der Waals surface area contributed by atoms with Gasteiger partial charge in [-0.3, -0.25) is 0 Å². The van der Waals surface area contributed by atoms with Gasteiger partial charge in [0, 0.05) is 24.4 Å². The molecule has 0 aliphatic rings. The summed E-state index contributed by atoms with van der Waals surface area (Å²) in [6.45, 7) is 0. The number of nitrogens with zero attached hydrogens (tertiary/aromatic N) is 2. The Labute approximate surface area is 123 Å². The van der Waals surface area contributed by atoms with Crippen molar-refractivity contribution in [1.29, 1.82) is 0 Å². The SMILES string of the molecule is COC(=O)c1ccc2ccc(N(C)c3ccccc3)n2c1. The van der Waals surface area contributed by atoms with E-state index in [1.54, 1.807) is 12.3 Å². The van der Waals surface area contributed by atoms with Crippen LogP contribution >= 0.6 is 0 Å². The average Bonchev–Trinajstić information content (AvgIpc) is 2.97. The van der Waals surface area contributed by atoms with Crippen LogP contribution in [0.2, 0.25) is 0 Å². The summed E-state index contributed by atoms with van der Waals surface area (Å²) in [6, 6.07) is 17.8. The highest BCUT2D eigenvalue weighted by Crippen LogP contribution is 2.26. The van der Waals surface area contributed by atoms with Gasteiger partial charge in [0.15, 0.2) is 0 Å². The molecule has 4 heteroatoms. The first kappa shape index (κ1) is 13.2. The Hall–Kier alpha value is -2.75. The minimum absolute atomic E-state index is 0.334. The Bertz CT molecular complexity index is 778. The molecule has 1 aromatic carbocycles. The van der Waals surface area contributed by atoms with Crippen LogP contribution in [0, 0.1) is 0 Å². The van der Waals surface area contributed by atoms with Crippen molar-refractivity contribution in [2.24, 2.45) is 0 Å². The molecule has 0 saturated carbocycles. The van der Waals surface area contributed by atoms with Gasteiger partial charge in [-0.2, -0.15) is 0 Å². The summed E-state index contributed by atoms with van der Waals surface area (Å²) >= 11 is 0. The van der Waals surface area contributed by atoms with Crippen LogP contribution < -0.4 is 4.90 Å². The van der Waals surface area contributed by atoms with E-state index in [4.69, 9.17) is 4.74 Å². The molecule has 3 rings (SSSR count). The molecule has 0 saturated heterocycles. The van der Waals surface area contributed by atoms with Crippen LogP contribution in [0.15, 0.2) is 60.8 Å². The van der Waals surface area contributed by atoms with Crippen LogP contribution in [-0.2, 0) is 4.74 Å². The number of para-hydroxylation sites is 1. The van der Waals surface area contributed by atoms with E-state index in [-0.39, 0.29) is 5.97 Å². The van der Waals surface area contributed by atoms with E-state index >= 15 is 0 Å². The molecule has 4 nitrogen and oxygen atoms in total. The monoisotopic (exact) mass is 280 g/mol. The molecule has 2 aromatic heterocycles. The van der Waals surface area contributed by atoms with Crippen molar-refractivity contribution in [1.82, 2.24) is 4.40 Å². The molecule has 2 heterocycles. The van der Waals surface area contributed by atoms with Crippen LogP contribution in [0.3, 0.4) is 0 Å². The lowest BCUT2D eigenvalue weighted by molar-refractivity contribution is 0.0600. The lowest BCUT2D eigenvalue weighted by Gasteiger charge is -2.19. The Kier molecular flexibility index (Phi) is 3.36. The second-order valence-electron chi connectivity index (χ2n) is 4.79. The van der Waals surface area contributed by atoms with E-state index in [0.717, 1.165) is 17.0 Å². The molecule has 106 valence electrons. The summed E-state index contributed by atoms with van der Waals surface area (Å²) in [4.78, 5) is 13.8. The Morgan fingerprint density at radius 1 is 1.05 bits per heavy atom. The number of hydrogen-bond donors (Lipinski definition) is 0. The van der Waals surface area contributed by atoms with Crippen molar-refractivity contribution in [2.45, 2.75) is 0 Å². The lowest BCUT2D eigenvalue weighted by atomic mass is 10.3. The van der Waals surface area contributed by atoms with Gasteiger partial charge in [-0.05, 0) is 36.4 Å². The maximum absolute atomic E-state index is 11.7. The molecule has 0 spiro atoms. The summed E-state index contributed by atoms with van der Waals surface area (Å²) < 4.78 is 6.77. The largest absolute Gasteiger partial charge is 0.465 e. The molecule has 0 aliphatic carbocycles. The number of carbonyl (C=O) groups excluding carboxylic acids is 1. The fourth-order valence-electron chi connectivity index (χ4n) is 2.38. The van der Waals surface area contributed by atoms with E-state index in [1.807, 2.05) is 60.0 Å². The number of ether oxygens (including phenoxy) is 1. The summed E-state index contributed by atoms with van der Waals surface area (Å²) in [5, 5.41) is 0. The molecule has 0 N–H and O–H groups in total. The minimum Gasteiger partial charge on any atom is -0.465 e. The molecule has 0 amide bonds. The van der Waals surface area contributed by atoms with E-state index in [9.17, 15) is 4.79 Å². The summed E-state index contributed by atoms with van der Waals surface area (Å²) in [7, 11) is 3.39. The van der Waals surface area contributed by atoms with Crippen LogP contribution in [0.25, 0.3) is 5.52 Å². The topological polar surface area (TPSA) is 34.0 Å². The highest BCUT2D eigenvalue weighted by atomic mass is 16.5. The number of hydrogen-bond acceptors (Lipinski definition) is 3. The molecular formula is C17H16N2O2. The average molecular weight is 280 g/mol. The molecule has 0 atom stereocenters. The van der Waals surface area contributed by atoms with Crippen molar-refractivity contribution < 1.29 is 9.53 Å². The predicted molar refractivity (Wildman–Crippen MR) is 83.2 cm³/mol. The van der Waals surface area contributed by atoms with Crippen molar-refractivity contribution in [3.05, 3.63) is 66.4 Å². The number of esters is 1. The molecule has 0 aliphatic heterocycles. The van der Waals surface area contributed by atoms with Gasteiger partial charge in [-0.25, -0.2) is 4.79 Å². The second-order valence-corrected chi connectivity index (χ2v) is 4.79. The second kappa shape index (κ2) is 5.32. The molecule has 0 unspecified atom stereocenters. The van der Waals surface area contributed by atoms with E-state index in [1.165, 1.54) is 7.11 Å². The number of carbonyl (C=O) groups is 1. The lowest BCUT2D eigenvalue weighted by Crippen LogP contribution is -2.12. The van der Waals surface area contributed by atoms with E-state index in [0.29, 0.717) is 5.56 Å². The fourth-order valence-corrected chi connectivity index (χ4v) is 2.38. The number of rotatable bonds is 3. The van der Waals surface area contributed by atoms with E-state index < -0.39 is 0 Å². The van der Waals surface area contributed by atoms with Crippen LogP contribution in [0.5, 0.6) is 0 Å². The molecule has 0 radical (unpaired) electrons. The van der Waals surface area contributed by atoms with Crippen molar-refractivity contribution in [3.8, 4) is 0 Å².